The number of rotatable bonds is 4. The lowest BCUT2D eigenvalue weighted by molar-refractivity contribution is 0.413. The minimum Gasteiger partial charge on any atom is -0.497 e. The first-order valence-electron chi connectivity index (χ1n) is 6.00. The van der Waals surface area contributed by atoms with Gasteiger partial charge in [0.2, 0.25) is 0 Å². The van der Waals surface area contributed by atoms with E-state index in [-0.39, 0.29) is 0 Å². The van der Waals surface area contributed by atoms with Gasteiger partial charge in [0, 0.05) is 17.1 Å². The predicted molar refractivity (Wildman–Crippen MR) is 74.3 cm³/mol. The van der Waals surface area contributed by atoms with Crippen molar-refractivity contribution in [3.05, 3.63) is 40.4 Å². The van der Waals surface area contributed by atoms with Gasteiger partial charge in [-0.15, -0.1) is 0 Å². The van der Waals surface area contributed by atoms with Gasteiger partial charge >= 0.3 is 0 Å². The summed E-state index contributed by atoms with van der Waals surface area (Å²) in [5.74, 6) is 0.911. The van der Waals surface area contributed by atoms with E-state index < -0.39 is 0 Å². The number of nitrogens with one attached hydrogen (secondary N) is 1. The zero-order chi connectivity index (χ0) is 12.1. The molecule has 0 aromatic heterocycles. The SMILES string of the molecule is COc1ccc(Br)c(CNC2CC=CCC2)c1. The van der Waals surface area contributed by atoms with Crippen molar-refractivity contribution in [2.75, 3.05) is 7.11 Å². The molecule has 0 heterocycles. The largest absolute Gasteiger partial charge is 0.497 e. The summed E-state index contributed by atoms with van der Waals surface area (Å²) in [6.07, 6.45) is 8.10. The molecule has 1 aliphatic rings. The molecule has 2 rings (SSSR count). The van der Waals surface area contributed by atoms with Gasteiger partial charge in [-0.2, -0.15) is 0 Å². The molecule has 1 aliphatic carbocycles. The number of benzene rings is 1. The van der Waals surface area contributed by atoms with E-state index in [1.807, 2.05) is 12.1 Å². The smallest absolute Gasteiger partial charge is 0.119 e. The lowest BCUT2D eigenvalue weighted by Crippen LogP contribution is -2.29. The molecule has 0 bridgehead atoms. The maximum Gasteiger partial charge on any atom is 0.119 e. The van der Waals surface area contributed by atoms with Crippen LogP contribution >= 0.6 is 15.9 Å². The fourth-order valence-electron chi connectivity index (χ4n) is 2.05. The average Bonchev–Trinajstić information content (AvgIpc) is 2.39. The van der Waals surface area contributed by atoms with Gasteiger partial charge in [0.15, 0.2) is 0 Å². The molecule has 0 saturated heterocycles. The first kappa shape index (κ1) is 12.7. The van der Waals surface area contributed by atoms with Crippen LogP contribution < -0.4 is 10.1 Å². The lowest BCUT2D eigenvalue weighted by atomic mass is 10.0. The Bertz CT molecular complexity index is 403. The number of allylic oxidation sites excluding steroid dienone is 1. The molecule has 0 fully saturated rings. The van der Waals surface area contributed by atoms with Crippen molar-refractivity contribution in [2.24, 2.45) is 0 Å². The molecule has 1 unspecified atom stereocenters. The Morgan fingerprint density at radius 2 is 2.29 bits per heavy atom. The summed E-state index contributed by atoms with van der Waals surface area (Å²) in [6, 6.07) is 6.70. The van der Waals surface area contributed by atoms with Crippen molar-refractivity contribution in [3.63, 3.8) is 0 Å². The van der Waals surface area contributed by atoms with Crippen LogP contribution in [0.4, 0.5) is 0 Å². The number of hydrogen-bond acceptors (Lipinski definition) is 2. The Morgan fingerprint density at radius 3 is 3.00 bits per heavy atom. The second-order valence-corrected chi connectivity index (χ2v) is 5.17. The van der Waals surface area contributed by atoms with Gasteiger partial charge in [0.1, 0.15) is 5.75 Å². The van der Waals surface area contributed by atoms with E-state index in [0.717, 1.165) is 23.2 Å². The Kier molecular flexibility index (Phi) is 4.63. The minimum atomic E-state index is 0.609. The number of ether oxygens (including phenoxy) is 1. The molecule has 1 aromatic rings. The maximum absolute atomic E-state index is 5.24. The molecule has 0 radical (unpaired) electrons. The molecule has 3 heteroatoms. The third-order valence-corrected chi connectivity index (χ3v) is 3.88. The Labute approximate surface area is 111 Å². The standard InChI is InChI=1S/C14H18BrNO/c1-17-13-7-8-14(15)11(9-13)10-16-12-5-3-2-4-6-12/h2-3,7-9,12,16H,4-6,10H2,1H3. The third kappa shape index (κ3) is 3.58. The molecule has 0 spiro atoms. The predicted octanol–water partition coefficient (Wildman–Crippen LogP) is 3.66. The molecule has 1 aromatic carbocycles. The topological polar surface area (TPSA) is 21.3 Å². The van der Waals surface area contributed by atoms with Crippen LogP contribution in [0.3, 0.4) is 0 Å². The summed E-state index contributed by atoms with van der Waals surface area (Å²) in [7, 11) is 1.70. The highest BCUT2D eigenvalue weighted by atomic mass is 79.9. The average molecular weight is 296 g/mol. The second-order valence-electron chi connectivity index (χ2n) is 4.32. The summed E-state index contributed by atoms with van der Waals surface area (Å²) in [5.41, 5.74) is 1.25. The Morgan fingerprint density at radius 1 is 1.41 bits per heavy atom. The summed E-state index contributed by atoms with van der Waals surface area (Å²) in [6.45, 7) is 0.885. The van der Waals surface area contributed by atoms with Gasteiger partial charge in [-0.25, -0.2) is 0 Å². The molecule has 17 heavy (non-hydrogen) atoms. The van der Waals surface area contributed by atoms with Crippen molar-refractivity contribution in [1.29, 1.82) is 0 Å². The van der Waals surface area contributed by atoms with Crippen molar-refractivity contribution in [3.8, 4) is 5.75 Å². The highest BCUT2D eigenvalue weighted by molar-refractivity contribution is 9.10. The monoisotopic (exact) mass is 295 g/mol. The molecule has 1 N–H and O–H groups in total. The molecule has 2 nitrogen and oxygen atoms in total. The Hall–Kier alpha value is -0.800. The Balaban J connectivity index is 1.95. The lowest BCUT2D eigenvalue weighted by Gasteiger charge is -2.20. The van der Waals surface area contributed by atoms with Gasteiger partial charge in [-0.05, 0) is 43.0 Å². The summed E-state index contributed by atoms with van der Waals surface area (Å²) in [4.78, 5) is 0. The van der Waals surface area contributed by atoms with Crippen LogP contribution in [0.5, 0.6) is 5.75 Å². The molecule has 0 aliphatic heterocycles. The number of methoxy groups -OCH3 is 1. The summed E-state index contributed by atoms with van der Waals surface area (Å²) < 4.78 is 6.38. The zero-order valence-electron chi connectivity index (χ0n) is 10.1. The fourth-order valence-corrected chi connectivity index (χ4v) is 2.43. The first-order chi connectivity index (χ1) is 8.29. The van der Waals surface area contributed by atoms with Gasteiger partial charge in [0.05, 0.1) is 7.11 Å². The van der Waals surface area contributed by atoms with Crippen LogP contribution in [0, 0.1) is 0 Å². The second kappa shape index (κ2) is 6.22. The first-order valence-corrected chi connectivity index (χ1v) is 6.79. The van der Waals surface area contributed by atoms with E-state index in [0.29, 0.717) is 6.04 Å². The van der Waals surface area contributed by atoms with E-state index in [1.54, 1.807) is 7.11 Å². The third-order valence-electron chi connectivity index (χ3n) is 3.10. The van der Waals surface area contributed by atoms with Crippen LogP contribution in [0.25, 0.3) is 0 Å². The normalized spacial score (nSPS) is 19.3. The molecular weight excluding hydrogens is 278 g/mol. The van der Waals surface area contributed by atoms with Gasteiger partial charge in [-0.1, -0.05) is 28.1 Å². The van der Waals surface area contributed by atoms with Crippen LogP contribution in [0.1, 0.15) is 24.8 Å². The number of halogens is 1. The van der Waals surface area contributed by atoms with E-state index in [2.05, 4.69) is 39.5 Å². The van der Waals surface area contributed by atoms with E-state index >= 15 is 0 Å². The van der Waals surface area contributed by atoms with Crippen LogP contribution in [0.15, 0.2) is 34.8 Å². The van der Waals surface area contributed by atoms with Crippen molar-refractivity contribution in [1.82, 2.24) is 5.32 Å². The van der Waals surface area contributed by atoms with Gasteiger partial charge in [-0.3, -0.25) is 0 Å². The highest BCUT2D eigenvalue weighted by Gasteiger charge is 2.10. The zero-order valence-corrected chi connectivity index (χ0v) is 11.7. The van der Waals surface area contributed by atoms with Crippen molar-refractivity contribution < 1.29 is 4.74 Å². The fraction of sp³-hybridized carbons (Fsp3) is 0.429. The van der Waals surface area contributed by atoms with E-state index in [1.165, 1.54) is 18.4 Å². The molecule has 1 atom stereocenters. The summed E-state index contributed by atoms with van der Waals surface area (Å²) in [5, 5.41) is 3.59. The van der Waals surface area contributed by atoms with E-state index in [9.17, 15) is 0 Å². The molecule has 0 amide bonds. The van der Waals surface area contributed by atoms with Crippen LogP contribution in [0.2, 0.25) is 0 Å². The van der Waals surface area contributed by atoms with Gasteiger partial charge in [0.25, 0.3) is 0 Å². The minimum absolute atomic E-state index is 0.609. The quantitative estimate of drug-likeness (QED) is 0.856. The van der Waals surface area contributed by atoms with Crippen LogP contribution in [-0.2, 0) is 6.54 Å². The van der Waals surface area contributed by atoms with Crippen molar-refractivity contribution >= 4 is 15.9 Å². The highest BCUT2D eigenvalue weighted by Crippen LogP contribution is 2.23. The van der Waals surface area contributed by atoms with Gasteiger partial charge < -0.3 is 10.1 Å². The number of hydrogen-bond donors (Lipinski definition) is 1. The molecule has 92 valence electrons. The summed E-state index contributed by atoms with van der Waals surface area (Å²) >= 11 is 3.58. The molecular formula is C14H18BrNO. The molecule has 0 saturated carbocycles. The maximum atomic E-state index is 5.24. The van der Waals surface area contributed by atoms with E-state index in [4.69, 9.17) is 4.74 Å². The van der Waals surface area contributed by atoms with Crippen molar-refractivity contribution in [2.45, 2.75) is 31.8 Å². The van der Waals surface area contributed by atoms with Crippen LogP contribution in [-0.4, -0.2) is 13.2 Å².